The van der Waals surface area contributed by atoms with Crippen molar-refractivity contribution in [3.8, 4) is 0 Å². The van der Waals surface area contributed by atoms with Gasteiger partial charge in [0.1, 0.15) is 5.52 Å². The number of anilines is 1. The molecule has 0 saturated carbocycles. The van der Waals surface area contributed by atoms with Crippen LogP contribution in [0.3, 0.4) is 0 Å². The molecular formula is C17H18N4O2S. The van der Waals surface area contributed by atoms with Gasteiger partial charge in [0.15, 0.2) is 5.16 Å². The van der Waals surface area contributed by atoms with E-state index in [4.69, 9.17) is 0 Å². The van der Waals surface area contributed by atoms with Crippen LogP contribution in [0.15, 0.2) is 46.3 Å². The summed E-state index contributed by atoms with van der Waals surface area (Å²) in [6, 6.07) is 11.1. The molecule has 0 aliphatic rings. The number of amides is 1. The summed E-state index contributed by atoms with van der Waals surface area (Å²) in [5.74, 6) is 0.0597. The van der Waals surface area contributed by atoms with Crippen LogP contribution in [0.1, 0.15) is 12.6 Å². The van der Waals surface area contributed by atoms with E-state index in [1.807, 2.05) is 50.2 Å². The Morgan fingerprint density at radius 3 is 2.79 bits per heavy atom. The fourth-order valence-corrected chi connectivity index (χ4v) is 3.31. The summed E-state index contributed by atoms with van der Waals surface area (Å²) < 4.78 is 1.58. The quantitative estimate of drug-likeness (QED) is 0.552. The number of hydrogen-bond donors (Lipinski definition) is 2. The van der Waals surface area contributed by atoms with Gasteiger partial charge < -0.3 is 10.3 Å². The fourth-order valence-electron chi connectivity index (χ4n) is 2.45. The van der Waals surface area contributed by atoms with Crippen molar-refractivity contribution >= 4 is 34.4 Å². The van der Waals surface area contributed by atoms with Gasteiger partial charge in [-0.05, 0) is 32.0 Å². The molecule has 2 N–H and O–H groups in total. The first-order chi connectivity index (χ1) is 11.6. The van der Waals surface area contributed by atoms with E-state index in [0.717, 1.165) is 11.4 Å². The van der Waals surface area contributed by atoms with E-state index in [2.05, 4.69) is 15.3 Å². The Morgan fingerprint density at radius 1 is 1.33 bits per heavy atom. The molecule has 0 fully saturated rings. The maximum atomic E-state index is 12.5. The normalized spacial score (nSPS) is 10.9. The van der Waals surface area contributed by atoms with Gasteiger partial charge in [-0.1, -0.05) is 30.0 Å². The third kappa shape index (κ3) is 3.35. The molecule has 3 rings (SSSR count). The summed E-state index contributed by atoms with van der Waals surface area (Å²) in [6.07, 6.45) is 0. The van der Waals surface area contributed by atoms with Gasteiger partial charge in [-0.25, -0.2) is 4.98 Å². The van der Waals surface area contributed by atoms with Crippen LogP contribution in [-0.4, -0.2) is 26.2 Å². The lowest BCUT2D eigenvalue weighted by molar-refractivity contribution is -0.113. The van der Waals surface area contributed by atoms with Crippen molar-refractivity contribution in [1.82, 2.24) is 14.5 Å². The lowest BCUT2D eigenvalue weighted by atomic mass is 10.3. The standard InChI is InChI=1S/C17H18N4O2S/c1-3-21-16(23)15-13(9-11(2)18-15)20-17(21)24-10-14(22)19-12-7-5-4-6-8-12/h4-9,18H,3,10H2,1-2H3,(H,19,22). The highest BCUT2D eigenvalue weighted by atomic mass is 32.2. The van der Waals surface area contributed by atoms with Crippen molar-refractivity contribution in [1.29, 1.82) is 0 Å². The van der Waals surface area contributed by atoms with Crippen LogP contribution >= 0.6 is 11.8 Å². The summed E-state index contributed by atoms with van der Waals surface area (Å²) in [7, 11) is 0. The first kappa shape index (κ1) is 16.3. The minimum atomic E-state index is -0.131. The average Bonchev–Trinajstić information content (AvgIpc) is 2.95. The molecule has 1 aromatic carbocycles. The maximum absolute atomic E-state index is 12.5. The van der Waals surface area contributed by atoms with Gasteiger partial charge in [0, 0.05) is 17.9 Å². The molecule has 0 radical (unpaired) electrons. The number of benzene rings is 1. The molecule has 0 aliphatic heterocycles. The molecule has 3 aromatic rings. The van der Waals surface area contributed by atoms with Crippen LogP contribution < -0.4 is 10.9 Å². The summed E-state index contributed by atoms with van der Waals surface area (Å²) in [5, 5.41) is 3.38. The molecule has 0 bridgehead atoms. The second-order valence-electron chi connectivity index (χ2n) is 5.36. The monoisotopic (exact) mass is 342 g/mol. The first-order valence-electron chi connectivity index (χ1n) is 7.66. The number of H-pyrrole nitrogens is 1. The number of hydrogen-bond acceptors (Lipinski definition) is 4. The van der Waals surface area contributed by atoms with E-state index in [9.17, 15) is 9.59 Å². The average molecular weight is 342 g/mol. The van der Waals surface area contributed by atoms with Crippen molar-refractivity contribution in [2.45, 2.75) is 25.5 Å². The highest BCUT2D eigenvalue weighted by Crippen LogP contribution is 2.18. The van der Waals surface area contributed by atoms with Gasteiger partial charge in [-0.2, -0.15) is 0 Å². The Labute approximate surface area is 143 Å². The van der Waals surface area contributed by atoms with E-state index < -0.39 is 0 Å². The molecule has 0 saturated heterocycles. The van der Waals surface area contributed by atoms with Crippen LogP contribution in [0.2, 0.25) is 0 Å². The lowest BCUT2D eigenvalue weighted by Crippen LogP contribution is -2.23. The fraction of sp³-hybridized carbons (Fsp3) is 0.235. The molecule has 0 spiro atoms. The van der Waals surface area contributed by atoms with Crippen molar-refractivity contribution in [2.24, 2.45) is 0 Å². The van der Waals surface area contributed by atoms with Crippen molar-refractivity contribution in [2.75, 3.05) is 11.1 Å². The minimum Gasteiger partial charge on any atom is -0.353 e. The molecule has 2 heterocycles. The van der Waals surface area contributed by atoms with Crippen molar-refractivity contribution in [3.63, 3.8) is 0 Å². The summed E-state index contributed by atoms with van der Waals surface area (Å²) >= 11 is 1.26. The number of fused-ring (bicyclic) bond motifs is 1. The largest absolute Gasteiger partial charge is 0.353 e. The van der Waals surface area contributed by atoms with Gasteiger partial charge >= 0.3 is 0 Å². The zero-order valence-electron chi connectivity index (χ0n) is 13.5. The molecule has 1 amide bonds. The third-order valence-corrected chi connectivity index (χ3v) is 4.52. The van der Waals surface area contributed by atoms with Gasteiger partial charge in [0.2, 0.25) is 5.91 Å². The smallest absolute Gasteiger partial charge is 0.278 e. The number of carbonyl (C=O) groups excluding carboxylic acids is 1. The first-order valence-corrected chi connectivity index (χ1v) is 8.65. The van der Waals surface area contributed by atoms with Gasteiger partial charge in [-0.15, -0.1) is 0 Å². The van der Waals surface area contributed by atoms with Crippen LogP contribution in [0.25, 0.3) is 11.0 Å². The Bertz CT molecular complexity index is 931. The number of nitrogens with zero attached hydrogens (tertiary/aromatic N) is 2. The number of rotatable bonds is 5. The van der Waals surface area contributed by atoms with Gasteiger partial charge in [-0.3, -0.25) is 14.2 Å². The number of aromatic amines is 1. The highest BCUT2D eigenvalue weighted by molar-refractivity contribution is 7.99. The summed E-state index contributed by atoms with van der Waals surface area (Å²) in [5.41, 5.74) is 2.67. The zero-order valence-corrected chi connectivity index (χ0v) is 14.3. The topological polar surface area (TPSA) is 79.8 Å². The molecule has 2 aromatic heterocycles. The Morgan fingerprint density at radius 2 is 2.08 bits per heavy atom. The van der Waals surface area contributed by atoms with E-state index in [0.29, 0.717) is 22.7 Å². The number of thioether (sulfide) groups is 1. The van der Waals surface area contributed by atoms with Crippen LogP contribution in [0.5, 0.6) is 0 Å². The zero-order chi connectivity index (χ0) is 17.1. The number of carbonyl (C=O) groups is 1. The predicted octanol–water partition coefficient (Wildman–Crippen LogP) is 2.78. The second-order valence-corrected chi connectivity index (χ2v) is 6.30. The van der Waals surface area contributed by atoms with E-state index in [1.165, 1.54) is 11.8 Å². The molecule has 0 atom stereocenters. The second kappa shape index (κ2) is 6.92. The molecule has 124 valence electrons. The summed E-state index contributed by atoms with van der Waals surface area (Å²) in [4.78, 5) is 32.2. The summed E-state index contributed by atoms with van der Waals surface area (Å²) in [6.45, 7) is 4.28. The third-order valence-electron chi connectivity index (χ3n) is 3.54. The number of aryl methyl sites for hydroxylation is 1. The highest BCUT2D eigenvalue weighted by Gasteiger charge is 2.13. The van der Waals surface area contributed by atoms with Crippen LogP contribution in [-0.2, 0) is 11.3 Å². The maximum Gasteiger partial charge on any atom is 0.278 e. The minimum absolute atomic E-state index is 0.110. The SMILES string of the molecule is CCn1c(SCC(=O)Nc2ccccc2)nc2cc(C)[nH]c2c1=O. The Balaban J connectivity index is 1.79. The molecule has 0 aliphatic carbocycles. The molecule has 6 nitrogen and oxygen atoms in total. The van der Waals surface area contributed by atoms with E-state index in [1.54, 1.807) is 4.57 Å². The molecular weight excluding hydrogens is 324 g/mol. The molecule has 0 unspecified atom stereocenters. The van der Waals surface area contributed by atoms with E-state index >= 15 is 0 Å². The predicted molar refractivity (Wildman–Crippen MR) is 96.6 cm³/mol. The van der Waals surface area contributed by atoms with E-state index in [-0.39, 0.29) is 17.2 Å². The molecule has 7 heteroatoms. The number of aromatic nitrogens is 3. The van der Waals surface area contributed by atoms with Crippen LogP contribution in [0.4, 0.5) is 5.69 Å². The van der Waals surface area contributed by atoms with Gasteiger partial charge in [0.05, 0.1) is 11.3 Å². The van der Waals surface area contributed by atoms with Crippen molar-refractivity contribution in [3.05, 3.63) is 52.4 Å². The molecule has 24 heavy (non-hydrogen) atoms. The van der Waals surface area contributed by atoms with Crippen molar-refractivity contribution < 1.29 is 4.79 Å². The van der Waals surface area contributed by atoms with Gasteiger partial charge in [0.25, 0.3) is 5.56 Å². The van der Waals surface area contributed by atoms with Crippen LogP contribution in [0, 0.1) is 6.92 Å². The Kier molecular flexibility index (Phi) is 4.71. The Hall–Kier alpha value is -2.54. The number of nitrogens with one attached hydrogen (secondary N) is 2. The lowest BCUT2D eigenvalue weighted by Gasteiger charge is -2.10. The number of para-hydroxylation sites is 1.